The van der Waals surface area contributed by atoms with E-state index in [1.54, 1.807) is 12.3 Å². The summed E-state index contributed by atoms with van der Waals surface area (Å²) in [4.78, 5) is 15.0. The van der Waals surface area contributed by atoms with Gasteiger partial charge in [-0.1, -0.05) is 6.42 Å². The Balaban J connectivity index is 2.20. The number of carboxylic acids is 1. The first-order valence-electron chi connectivity index (χ1n) is 6.32. The van der Waals surface area contributed by atoms with Crippen LogP contribution in [0.4, 0.5) is 5.69 Å². The van der Waals surface area contributed by atoms with Crippen molar-refractivity contribution in [2.45, 2.75) is 45.2 Å². The number of hydrogen-bond acceptors (Lipinski definition) is 4. The van der Waals surface area contributed by atoms with Crippen molar-refractivity contribution in [3.8, 4) is 0 Å². The van der Waals surface area contributed by atoms with E-state index >= 15 is 0 Å². The lowest BCUT2D eigenvalue weighted by atomic mass is 10.00. The Morgan fingerprint density at radius 2 is 2.11 bits per heavy atom. The van der Waals surface area contributed by atoms with Crippen LogP contribution in [0.5, 0.6) is 0 Å². The van der Waals surface area contributed by atoms with Gasteiger partial charge in [-0.2, -0.15) is 0 Å². The zero-order valence-corrected chi connectivity index (χ0v) is 10.8. The molecule has 1 fully saturated rings. The topological polar surface area (TPSA) is 65.5 Å². The first kappa shape index (κ1) is 12.8. The van der Waals surface area contributed by atoms with Crippen molar-refractivity contribution in [1.82, 2.24) is 9.99 Å². The SMILES string of the molecule is CC1CCCC(C)N1Nc1ccncc1C(=O)O. The predicted molar refractivity (Wildman–Crippen MR) is 69.4 cm³/mol. The summed E-state index contributed by atoms with van der Waals surface area (Å²) in [6.07, 6.45) is 6.47. The zero-order valence-electron chi connectivity index (χ0n) is 10.8. The lowest BCUT2D eigenvalue weighted by Crippen LogP contribution is -2.47. The highest BCUT2D eigenvalue weighted by Crippen LogP contribution is 2.24. The first-order valence-corrected chi connectivity index (χ1v) is 6.32. The number of carbonyl (C=O) groups is 1. The Labute approximate surface area is 107 Å². The van der Waals surface area contributed by atoms with E-state index in [2.05, 4.69) is 29.3 Å². The molecule has 1 saturated heterocycles. The van der Waals surface area contributed by atoms with Crippen LogP contribution >= 0.6 is 0 Å². The maximum atomic E-state index is 11.1. The molecule has 2 heterocycles. The Bertz CT molecular complexity index is 426. The van der Waals surface area contributed by atoms with Crippen molar-refractivity contribution >= 4 is 11.7 Å². The van der Waals surface area contributed by atoms with E-state index in [0.717, 1.165) is 12.8 Å². The third-order valence-corrected chi connectivity index (χ3v) is 3.49. The van der Waals surface area contributed by atoms with Gasteiger partial charge in [0.05, 0.1) is 5.69 Å². The number of aromatic carboxylic acids is 1. The van der Waals surface area contributed by atoms with Gasteiger partial charge in [0.15, 0.2) is 0 Å². The molecule has 2 rings (SSSR count). The van der Waals surface area contributed by atoms with Crippen LogP contribution < -0.4 is 5.43 Å². The molecule has 2 atom stereocenters. The van der Waals surface area contributed by atoms with E-state index in [1.165, 1.54) is 12.6 Å². The molecule has 0 bridgehead atoms. The molecule has 5 nitrogen and oxygen atoms in total. The van der Waals surface area contributed by atoms with E-state index in [1.807, 2.05) is 0 Å². The fourth-order valence-corrected chi connectivity index (χ4v) is 2.44. The highest BCUT2D eigenvalue weighted by atomic mass is 16.4. The van der Waals surface area contributed by atoms with Crippen LogP contribution in [0.2, 0.25) is 0 Å². The fraction of sp³-hybridized carbons (Fsp3) is 0.538. The molecule has 0 spiro atoms. The molecular weight excluding hydrogens is 230 g/mol. The van der Waals surface area contributed by atoms with Crippen LogP contribution in [0.1, 0.15) is 43.5 Å². The van der Waals surface area contributed by atoms with E-state index in [-0.39, 0.29) is 5.56 Å². The number of aromatic nitrogens is 1. The van der Waals surface area contributed by atoms with Crippen LogP contribution in [-0.2, 0) is 0 Å². The van der Waals surface area contributed by atoms with Crippen LogP contribution in [0.25, 0.3) is 0 Å². The molecule has 98 valence electrons. The average molecular weight is 249 g/mol. The summed E-state index contributed by atoms with van der Waals surface area (Å²) in [5, 5.41) is 11.3. The minimum absolute atomic E-state index is 0.211. The van der Waals surface area contributed by atoms with Gasteiger partial charge < -0.3 is 10.5 Å². The maximum Gasteiger partial charge on any atom is 0.339 e. The van der Waals surface area contributed by atoms with E-state index in [0.29, 0.717) is 17.8 Å². The van der Waals surface area contributed by atoms with Crippen molar-refractivity contribution in [2.24, 2.45) is 0 Å². The Morgan fingerprint density at radius 3 is 2.72 bits per heavy atom. The van der Waals surface area contributed by atoms with E-state index in [9.17, 15) is 4.79 Å². The number of anilines is 1. The molecule has 1 aromatic rings. The summed E-state index contributed by atoms with van der Waals surface area (Å²) in [6, 6.07) is 2.52. The fourth-order valence-electron chi connectivity index (χ4n) is 2.44. The van der Waals surface area contributed by atoms with Gasteiger partial charge in [0.25, 0.3) is 0 Å². The highest BCUT2D eigenvalue weighted by molar-refractivity contribution is 5.93. The molecule has 0 radical (unpaired) electrons. The van der Waals surface area contributed by atoms with Crippen molar-refractivity contribution in [3.63, 3.8) is 0 Å². The van der Waals surface area contributed by atoms with Crippen molar-refractivity contribution in [2.75, 3.05) is 5.43 Å². The molecule has 1 aromatic heterocycles. The second-order valence-corrected chi connectivity index (χ2v) is 4.87. The van der Waals surface area contributed by atoms with E-state index in [4.69, 9.17) is 5.11 Å². The second-order valence-electron chi connectivity index (χ2n) is 4.87. The number of pyridine rings is 1. The summed E-state index contributed by atoms with van der Waals surface area (Å²) >= 11 is 0. The number of nitrogens with one attached hydrogen (secondary N) is 1. The molecule has 2 unspecified atom stereocenters. The predicted octanol–water partition coefficient (Wildman–Crippen LogP) is 2.37. The zero-order chi connectivity index (χ0) is 13.1. The van der Waals surface area contributed by atoms with Gasteiger partial charge in [0, 0.05) is 24.5 Å². The minimum atomic E-state index is -0.956. The summed E-state index contributed by atoms with van der Waals surface area (Å²) < 4.78 is 0. The smallest absolute Gasteiger partial charge is 0.339 e. The van der Waals surface area contributed by atoms with Gasteiger partial charge in [0.1, 0.15) is 5.56 Å². The molecule has 18 heavy (non-hydrogen) atoms. The monoisotopic (exact) mass is 249 g/mol. The Morgan fingerprint density at radius 1 is 1.44 bits per heavy atom. The highest BCUT2D eigenvalue weighted by Gasteiger charge is 2.25. The van der Waals surface area contributed by atoms with Gasteiger partial charge in [-0.05, 0) is 32.8 Å². The summed E-state index contributed by atoms with van der Waals surface area (Å²) in [6.45, 7) is 4.31. The standard InChI is InChI=1S/C13H19N3O2/c1-9-4-3-5-10(2)16(9)15-12-6-7-14-8-11(12)13(17)18/h6-10H,3-5H2,1-2H3,(H,14,15)(H,17,18). The van der Waals surface area contributed by atoms with Gasteiger partial charge in [-0.25, -0.2) is 9.80 Å². The van der Waals surface area contributed by atoms with Crippen LogP contribution in [0.3, 0.4) is 0 Å². The Kier molecular flexibility index (Phi) is 3.81. The molecule has 0 saturated carbocycles. The summed E-state index contributed by atoms with van der Waals surface area (Å²) in [7, 11) is 0. The number of hydrazine groups is 1. The number of rotatable bonds is 3. The third-order valence-electron chi connectivity index (χ3n) is 3.49. The van der Waals surface area contributed by atoms with E-state index < -0.39 is 5.97 Å². The number of carboxylic acid groups (broad SMARTS) is 1. The summed E-state index contributed by atoms with van der Waals surface area (Å²) in [5.74, 6) is -0.956. The average Bonchev–Trinajstić information content (AvgIpc) is 2.34. The van der Waals surface area contributed by atoms with Crippen LogP contribution in [-0.4, -0.2) is 33.2 Å². The molecular formula is C13H19N3O2. The molecule has 2 N–H and O–H groups in total. The van der Waals surface area contributed by atoms with Gasteiger partial charge in [-0.3, -0.25) is 4.98 Å². The van der Waals surface area contributed by atoms with Gasteiger partial charge in [-0.15, -0.1) is 0 Å². The first-order chi connectivity index (χ1) is 8.59. The van der Waals surface area contributed by atoms with Crippen LogP contribution in [0, 0.1) is 0 Å². The molecule has 5 heteroatoms. The molecule has 0 aliphatic carbocycles. The normalized spacial score (nSPS) is 24.8. The number of piperidine rings is 1. The summed E-state index contributed by atoms with van der Waals surface area (Å²) in [5.41, 5.74) is 4.06. The molecule has 1 aliphatic rings. The van der Waals surface area contributed by atoms with Crippen molar-refractivity contribution in [1.29, 1.82) is 0 Å². The lowest BCUT2D eigenvalue weighted by molar-refractivity contribution is 0.0695. The van der Waals surface area contributed by atoms with Crippen molar-refractivity contribution in [3.05, 3.63) is 24.0 Å². The molecule has 1 aliphatic heterocycles. The second kappa shape index (κ2) is 5.35. The molecule has 0 aromatic carbocycles. The van der Waals surface area contributed by atoms with Crippen molar-refractivity contribution < 1.29 is 9.90 Å². The van der Waals surface area contributed by atoms with Gasteiger partial charge >= 0.3 is 5.97 Å². The molecule has 0 amide bonds. The lowest BCUT2D eigenvalue weighted by Gasteiger charge is -2.39. The number of nitrogens with zero attached hydrogens (tertiary/aromatic N) is 2. The maximum absolute atomic E-state index is 11.1. The minimum Gasteiger partial charge on any atom is -0.478 e. The van der Waals surface area contributed by atoms with Crippen LogP contribution in [0.15, 0.2) is 18.5 Å². The quantitative estimate of drug-likeness (QED) is 0.861. The van der Waals surface area contributed by atoms with Gasteiger partial charge in [0.2, 0.25) is 0 Å². The largest absolute Gasteiger partial charge is 0.478 e. The Hall–Kier alpha value is -1.62. The third kappa shape index (κ3) is 2.61. The number of hydrogen-bond donors (Lipinski definition) is 2.